The summed E-state index contributed by atoms with van der Waals surface area (Å²) >= 11 is 0. The SMILES string of the molecule is Cn1ccnc1CNC1(C)CCCC1. The molecule has 0 atom stereocenters. The first kappa shape index (κ1) is 9.71. The summed E-state index contributed by atoms with van der Waals surface area (Å²) in [5, 5.41) is 3.62. The van der Waals surface area contributed by atoms with E-state index < -0.39 is 0 Å². The van der Waals surface area contributed by atoms with Gasteiger partial charge in [-0.3, -0.25) is 0 Å². The first-order valence-corrected chi connectivity index (χ1v) is 5.41. The van der Waals surface area contributed by atoms with Crippen molar-refractivity contribution in [3.63, 3.8) is 0 Å². The zero-order valence-electron chi connectivity index (χ0n) is 9.08. The summed E-state index contributed by atoms with van der Waals surface area (Å²) in [7, 11) is 2.04. The lowest BCUT2D eigenvalue weighted by molar-refractivity contribution is 0.356. The number of rotatable bonds is 3. The number of nitrogens with zero attached hydrogens (tertiary/aromatic N) is 2. The molecule has 1 saturated carbocycles. The van der Waals surface area contributed by atoms with Crippen LogP contribution in [-0.2, 0) is 13.6 Å². The van der Waals surface area contributed by atoms with Crippen molar-refractivity contribution in [1.82, 2.24) is 14.9 Å². The van der Waals surface area contributed by atoms with Crippen LogP contribution in [-0.4, -0.2) is 15.1 Å². The molecule has 0 aromatic carbocycles. The second kappa shape index (κ2) is 3.73. The molecule has 78 valence electrons. The lowest BCUT2D eigenvalue weighted by Gasteiger charge is -2.25. The fraction of sp³-hybridized carbons (Fsp3) is 0.727. The molecule has 1 N–H and O–H groups in total. The van der Waals surface area contributed by atoms with E-state index in [0.29, 0.717) is 5.54 Å². The van der Waals surface area contributed by atoms with Crippen molar-refractivity contribution in [3.05, 3.63) is 18.2 Å². The fourth-order valence-corrected chi connectivity index (χ4v) is 2.19. The van der Waals surface area contributed by atoms with Gasteiger partial charge in [-0.1, -0.05) is 12.8 Å². The van der Waals surface area contributed by atoms with E-state index in [1.54, 1.807) is 0 Å². The van der Waals surface area contributed by atoms with Crippen molar-refractivity contribution in [1.29, 1.82) is 0 Å². The maximum atomic E-state index is 4.31. The lowest BCUT2D eigenvalue weighted by atomic mass is 10.0. The van der Waals surface area contributed by atoms with Crippen LogP contribution in [0, 0.1) is 0 Å². The van der Waals surface area contributed by atoms with Gasteiger partial charge in [-0.15, -0.1) is 0 Å². The summed E-state index contributed by atoms with van der Waals surface area (Å²) in [4.78, 5) is 4.31. The second-order valence-electron chi connectivity index (χ2n) is 4.58. The predicted molar refractivity (Wildman–Crippen MR) is 56.9 cm³/mol. The third-order valence-electron chi connectivity index (χ3n) is 3.30. The summed E-state index contributed by atoms with van der Waals surface area (Å²) in [6, 6.07) is 0. The van der Waals surface area contributed by atoms with Crippen LogP contribution in [0.1, 0.15) is 38.4 Å². The van der Waals surface area contributed by atoms with E-state index in [2.05, 4.69) is 21.8 Å². The maximum absolute atomic E-state index is 4.31. The Balaban J connectivity index is 1.91. The number of aromatic nitrogens is 2. The van der Waals surface area contributed by atoms with E-state index >= 15 is 0 Å². The van der Waals surface area contributed by atoms with E-state index in [1.807, 2.05) is 19.4 Å². The van der Waals surface area contributed by atoms with Crippen LogP contribution < -0.4 is 5.32 Å². The Bertz CT molecular complexity index is 297. The molecule has 1 aliphatic carbocycles. The van der Waals surface area contributed by atoms with Crippen LogP contribution in [0.15, 0.2) is 12.4 Å². The minimum atomic E-state index is 0.353. The summed E-state index contributed by atoms with van der Waals surface area (Å²) in [5.41, 5.74) is 0.353. The van der Waals surface area contributed by atoms with E-state index in [4.69, 9.17) is 0 Å². The average molecular weight is 193 g/mol. The second-order valence-corrected chi connectivity index (χ2v) is 4.58. The van der Waals surface area contributed by atoms with Gasteiger partial charge in [-0.25, -0.2) is 4.98 Å². The molecule has 0 unspecified atom stereocenters. The molecule has 1 aromatic rings. The van der Waals surface area contributed by atoms with Gasteiger partial charge in [0, 0.05) is 25.0 Å². The Morgan fingerprint density at radius 3 is 2.79 bits per heavy atom. The third kappa shape index (κ3) is 1.98. The van der Waals surface area contributed by atoms with Crippen LogP contribution in [0.3, 0.4) is 0 Å². The number of nitrogens with one attached hydrogen (secondary N) is 1. The van der Waals surface area contributed by atoms with E-state index in [1.165, 1.54) is 25.7 Å². The quantitative estimate of drug-likeness (QED) is 0.794. The molecule has 0 amide bonds. The monoisotopic (exact) mass is 193 g/mol. The van der Waals surface area contributed by atoms with E-state index in [9.17, 15) is 0 Å². The van der Waals surface area contributed by atoms with Crippen molar-refractivity contribution in [3.8, 4) is 0 Å². The topological polar surface area (TPSA) is 29.9 Å². The summed E-state index contributed by atoms with van der Waals surface area (Å²) in [6.07, 6.45) is 9.19. The van der Waals surface area contributed by atoms with Crippen LogP contribution in [0.5, 0.6) is 0 Å². The Hall–Kier alpha value is -0.830. The molecule has 1 fully saturated rings. The van der Waals surface area contributed by atoms with Crippen LogP contribution in [0.2, 0.25) is 0 Å². The number of hydrogen-bond acceptors (Lipinski definition) is 2. The number of imidazole rings is 1. The minimum Gasteiger partial charge on any atom is -0.337 e. The lowest BCUT2D eigenvalue weighted by Crippen LogP contribution is -2.39. The van der Waals surface area contributed by atoms with Gasteiger partial charge in [0.15, 0.2) is 0 Å². The first-order valence-electron chi connectivity index (χ1n) is 5.41. The standard InChI is InChI=1S/C11H19N3/c1-11(5-3-4-6-11)13-9-10-12-7-8-14(10)2/h7-8,13H,3-6,9H2,1-2H3. The van der Waals surface area contributed by atoms with Crippen molar-refractivity contribution in [2.75, 3.05) is 0 Å². The summed E-state index contributed by atoms with van der Waals surface area (Å²) < 4.78 is 2.07. The van der Waals surface area contributed by atoms with Crippen molar-refractivity contribution in [2.45, 2.75) is 44.7 Å². The van der Waals surface area contributed by atoms with Crippen LogP contribution in [0.4, 0.5) is 0 Å². The number of hydrogen-bond donors (Lipinski definition) is 1. The Morgan fingerprint density at radius 1 is 1.50 bits per heavy atom. The highest BCUT2D eigenvalue weighted by molar-refractivity contribution is 4.94. The molecule has 0 aliphatic heterocycles. The molecule has 0 radical (unpaired) electrons. The number of aryl methyl sites for hydroxylation is 1. The third-order valence-corrected chi connectivity index (χ3v) is 3.30. The van der Waals surface area contributed by atoms with Crippen LogP contribution >= 0.6 is 0 Å². The normalized spacial score (nSPS) is 20.1. The highest BCUT2D eigenvalue weighted by atomic mass is 15.1. The maximum Gasteiger partial charge on any atom is 0.122 e. The van der Waals surface area contributed by atoms with Crippen LogP contribution in [0.25, 0.3) is 0 Å². The van der Waals surface area contributed by atoms with Gasteiger partial charge >= 0.3 is 0 Å². The van der Waals surface area contributed by atoms with Gasteiger partial charge in [0.2, 0.25) is 0 Å². The molecule has 1 heterocycles. The fourth-order valence-electron chi connectivity index (χ4n) is 2.19. The van der Waals surface area contributed by atoms with Gasteiger partial charge in [-0.2, -0.15) is 0 Å². The zero-order valence-corrected chi connectivity index (χ0v) is 9.08. The first-order chi connectivity index (χ1) is 6.70. The Labute approximate surface area is 85.5 Å². The van der Waals surface area contributed by atoms with Crippen molar-refractivity contribution >= 4 is 0 Å². The summed E-state index contributed by atoms with van der Waals surface area (Å²) in [6.45, 7) is 3.21. The van der Waals surface area contributed by atoms with Crippen molar-refractivity contribution in [2.24, 2.45) is 7.05 Å². The van der Waals surface area contributed by atoms with E-state index in [0.717, 1.165) is 12.4 Å². The molecular formula is C11H19N3. The highest BCUT2D eigenvalue weighted by Gasteiger charge is 2.27. The molecular weight excluding hydrogens is 174 g/mol. The predicted octanol–water partition coefficient (Wildman–Crippen LogP) is 1.84. The molecule has 2 rings (SSSR count). The molecule has 3 nitrogen and oxygen atoms in total. The molecule has 0 spiro atoms. The molecule has 0 bridgehead atoms. The molecule has 0 saturated heterocycles. The summed E-state index contributed by atoms with van der Waals surface area (Å²) in [5.74, 6) is 1.12. The average Bonchev–Trinajstić information content (AvgIpc) is 2.73. The molecule has 14 heavy (non-hydrogen) atoms. The zero-order chi connectivity index (χ0) is 10.0. The van der Waals surface area contributed by atoms with Gasteiger partial charge in [-0.05, 0) is 19.8 Å². The molecule has 1 aliphatic rings. The largest absolute Gasteiger partial charge is 0.337 e. The van der Waals surface area contributed by atoms with Gasteiger partial charge in [0.25, 0.3) is 0 Å². The minimum absolute atomic E-state index is 0.353. The van der Waals surface area contributed by atoms with Gasteiger partial charge < -0.3 is 9.88 Å². The Kier molecular flexibility index (Phi) is 2.59. The van der Waals surface area contributed by atoms with Crippen molar-refractivity contribution < 1.29 is 0 Å². The van der Waals surface area contributed by atoms with Gasteiger partial charge in [0.1, 0.15) is 5.82 Å². The van der Waals surface area contributed by atoms with E-state index in [-0.39, 0.29) is 0 Å². The smallest absolute Gasteiger partial charge is 0.122 e. The molecule has 3 heteroatoms. The van der Waals surface area contributed by atoms with Gasteiger partial charge in [0.05, 0.1) is 6.54 Å². The Morgan fingerprint density at radius 2 is 2.21 bits per heavy atom. The molecule has 1 aromatic heterocycles. The highest BCUT2D eigenvalue weighted by Crippen LogP contribution is 2.28.